The van der Waals surface area contributed by atoms with Gasteiger partial charge in [0.2, 0.25) is 0 Å². The monoisotopic (exact) mass is 491 g/mol. The summed E-state index contributed by atoms with van der Waals surface area (Å²) in [6.07, 6.45) is 4.03. The first kappa shape index (κ1) is 25.4. The van der Waals surface area contributed by atoms with Gasteiger partial charge in [-0.25, -0.2) is 0 Å². The number of amides is 1. The highest BCUT2D eigenvalue weighted by Crippen LogP contribution is 2.21. The van der Waals surface area contributed by atoms with Crippen LogP contribution in [0.25, 0.3) is 16.8 Å². The zero-order valence-corrected chi connectivity index (χ0v) is 20.6. The number of nitrogens with one attached hydrogen (secondary N) is 2. The average Bonchev–Trinajstić information content (AvgIpc) is 2.94. The van der Waals surface area contributed by atoms with Crippen molar-refractivity contribution < 1.29 is 14.3 Å². The van der Waals surface area contributed by atoms with Gasteiger partial charge >= 0.3 is 5.97 Å². The summed E-state index contributed by atoms with van der Waals surface area (Å²) in [6.45, 7) is 0. The number of rotatable bonds is 9. The summed E-state index contributed by atoms with van der Waals surface area (Å²) in [5.41, 5.74) is 8.48. The molecule has 0 aliphatic heterocycles. The van der Waals surface area contributed by atoms with Crippen LogP contribution >= 0.6 is 0 Å². The molecule has 6 heteroatoms. The minimum atomic E-state index is -0.712. The molecule has 1 unspecified atom stereocenters. The van der Waals surface area contributed by atoms with Crippen LogP contribution in [-0.4, -0.2) is 30.9 Å². The van der Waals surface area contributed by atoms with E-state index in [9.17, 15) is 9.59 Å². The zero-order valence-electron chi connectivity index (χ0n) is 20.6. The molecule has 0 aliphatic carbocycles. The number of hydrogen-bond acceptors (Lipinski definition) is 4. The van der Waals surface area contributed by atoms with E-state index in [0.29, 0.717) is 11.1 Å². The lowest BCUT2D eigenvalue weighted by molar-refractivity contribution is -0.145. The normalized spacial score (nSPS) is 12.7. The Balaban J connectivity index is 1.69. The number of nitrogens with two attached hydrogens (primary N) is 1. The minimum Gasteiger partial charge on any atom is -0.469 e. The molecule has 0 heterocycles. The molecule has 6 nitrogen and oxygen atoms in total. The lowest BCUT2D eigenvalue weighted by Crippen LogP contribution is -2.43. The van der Waals surface area contributed by atoms with E-state index in [1.54, 1.807) is 42.5 Å². The molecule has 0 aliphatic rings. The third-order valence-corrected chi connectivity index (χ3v) is 6.23. The molecule has 1 amide bonds. The second-order valence-corrected chi connectivity index (χ2v) is 8.78. The number of methoxy groups -OCH3 is 1. The van der Waals surface area contributed by atoms with Gasteiger partial charge in [0, 0.05) is 11.1 Å². The first-order chi connectivity index (χ1) is 17.9. The molecule has 4 N–H and O–H groups in total. The van der Waals surface area contributed by atoms with E-state index in [1.807, 2.05) is 60.7 Å². The molecule has 0 bridgehead atoms. The van der Waals surface area contributed by atoms with Crippen LogP contribution in [0.5, 0.6) is 0 Å². The van der Waals surface area contributed by atoms with E-state index in [1.165, 1.54) is 7.11 Å². The molecule has 4 aromatic carbocycles. The van der Waals surface area contributed by atoms with E-state index in [2.05, 4.69) is 11.4 Å². The summed E-state index contributed by atoms with van der Waals surface area (Å²) in [7, 11) is 1.34. The fraction of sp³-hybridized carbons (Fsp3) is 0.129. The SMILES string of the molecule is COC(=O)[C@H](Cc1cccc(C(=N)N)c1)C(/C=C/c1ccc2ccccc2c1)NC(=O)c1ccccc1. The quantitative estimate of drug-likeness (QED) is 0.175. The van der Waals surface area contributed by atoms with Crippen molar-refractivity contribution in [3.63, 3.8) is 0 Å². The molecule has 0 spiro atoms. The molecule has 0 saturated carbocycles. The van der Waals surface area contributed by atoms with Crippen molar-refractivity contribution >= 4 is 34.6 Å². The fourth-order valence-electron chi connectivity index (χ4n) is 4.26. The van der Waals surface area contributed by atoms with E-state index in [4.69, 9.17) is 15.9 Å². The number of nitrogen functional groups attached to an aromatic ring is 1. The number of benzene rings is 4. The summed E-state index contributed by atoms with van der Waals surface area (Å²) >= 11 is 0. The van der Waals surface area contributed by atoms with Crippen LogP contribution in [0, 0.1) is 11.3 Å². The Morgan fingerprint density at radius 1 is 0.892 bits per heavy atom. The number of hydrogen-bond donors (Lipinski definition) is 3. The molecular formula is C31H29N3O3. The molecule has 0 fully saturated rings. The van der Waals surface area contributed by atoms with Crippen molar-refractivity contribution in [2.24, 2.45) is 11.7 Å². The predicted octanol–water partition coefficient (Wildman–Crippen LogP) is 4.97. The Labute approximate surface area is 216 Å². The molecule has 0 radical (unpaired) electrons. The average molecular weight is 492 g/mol. The van der Waals surface area contributed by atoms with Crippen LogP contribution in [-0.2, 0) is 16.0 Å². The van der Waals surface area contributed by atoms with Crippen molar-refractivity contribution in [1.29, 1.82) is 5.41 Å². The highest BCUT2D eigenvalue weighted by atomic mass is 16.5. The fourth-order valence-corrected chi connectivity index (χ4v) is 4.26. The zero-order chi connectivity index (χ0) is 26.2. The number of carbonyl (C=O) groups excluding carboxylic acids is 2. The van der Waals surface area contributed by atoms with Crippen molar-refractivity contribution in [3.8, 4) is 0 Å². The smallest absolute Gasteiger partial charge is 0.311 e. The Morgan fingerprint density at radius 3 is 2.32 bits per heavy atom. The van der Waals surface area contributed by atoms with Gasteiger partial charge in [-0.15, -0.1) is 0 Å². The molecule has 0 aromatic heterocycles. The van der Waals surface area contributed by atoms with Crippen LogP contribution in [0.4, 0.5) is 0 Å². The summed E-state index contributed by atoms with van der Waals surface area (Å²) in [5.74, 6) is -1.51. The molecule has 186 valence electrons. The Kier molecular flexibility index (Phi) is 8.11. The third kappa shape index (κ3) is 6.49. The molecule has 2 atom stereocenters. The second kappa shape index (κ2) is 11.8. The van der Waals surface area contributed by atoms with Crippen LogP contribution in [0.1, 0.15) is 27.0 Å². The lowest BCUT2D eigenvalue weighted by Gasteiger charge is -2.24. The maximum atomic E-state index is 13.1. The largest absolute Gasteiger partial charge is 0.469 e. The van der Waals surface area contributed by atoms with Gasteiger partial charge in [-0.1, -0.05) is 84.9 Å². The second-order valence-electron chi connectivity index (χ2n) is 8.78. The van der Waals surface area contributed by atoms with Crippen LogP contribution in [0.2, 0.25) is 0 Å². The van der Waals surface area contributed by atoms with Gasteiger partial charge in [0.05, 0.1) is 19.1 Å². The summed E-state index contributed by atoms with van der Waals surface area (Å²) in [5, 5.41) is 13.0. The lowest BCUT2D eigenvalue weighted by atomic mass is 9.90. The van der Waals surface area contributed by atoms with Gasteiger partial charge in [0.15, 0.2) is 0 Å². The number of amidine groups is 1. The maximum absolute atomic E-state index is 13.1. The van der Waals surface area contributed by atoms with Crippen LogP contribution in [0.3, 0.4) is 0 Å². The maximum Gasteiger partial charge on any atom is 0.311 e. The third-order valence-electron chi connectivity index (χ3n) is 6.23. The highest BCUT2D eigenvalue weighted by Gasteiger charge is 2.29. The summed E-state index contributed by atoms with van der Waals surface area (Å²) in [4.78, 5) is 26.1. The topological polar surface area (TPSA) is 105 Å². The van der Waals surface area contributed by atoms with Crippen molar-refractivity contribution in [3.05, 3.63) is 125 Å². The van der Waals surface area contributed by atoms with E-state index < -0.39 is 17.9 Å². The van der Waals surface area contributed by atoms with Gasteiger partial charge in [-0.3, -0.25) is 15.0 Å². The van der Waals surface area contributed by atoms with Gasteiger partial charge in [-0.2, -0.15) is 0 Å². The molecule has 37 heavy (non-hydrogen) atoms. The van der Waals surface area contributed by atoms with Gasteiger partial charge in [-0.05, 0) is 52.6 Å². The Bertz CT molecular complexity index is 1450. The molecular weight excluding hydrogens is 462 g/mol. The highest BCUT2D eigenvalue weighted by molar-refractivity contribution is 5.95. The van der Waals surface area contributed by atoms with Gasteiger partial charge in [0.25, 0.3) is 5.91 Å². The van der Waals surface area contributed by atoms with Gasteiger partial charge < -0.3 is 15.8 Å². The van der Waals surface area contributed by atoms with E-state index in [0.717, 1.165) is 21.9 Å². The van der Waals surface area contributed by atoms with Crippen LogP contribution < -0.4 is 11.1 Å². The Hall–Kier alpha value is -4.71. The minimum absolute atomic E-state index is 0.0541. The Morgan fingerprint density at radius 2 is 1.59 bits per heavy atom. The van der Waals surface area contributed by atoms with Crippen molar-refractivity contribution in [2.45, 2.75) is 12.5 Å². The molecule has 0 saturated heterocycles. The van der Waals surface area contributed by atoms with Crippen molar-refractivity contribution in [1.82, 2.24) is 5.32 Å². The summed E-state index contributed by atoms with van der Waals surface area (Å²) in [6, 6.07) is 29.6. The number of esters is 1. The first-order valence-corrected chi connectivity index (χ1v) is 12.0. The number of ether oxygens (including phenoxy) is 1. The molecule has 4 aromatic rings. The summed E-state index contributed by atoms with van der Waals surface area (Å²) < 4.78 is 5.15. The van der Waals surface area contributed by atoms with E-state index in [-0.39, 0.29) is 18.2 Å². The first-order valence-electron chi connectivity index (χ1n) is 12.0. The predicted molar refractivity (Wildman–Crippen MR) is 147 cm³/mol. The molecule has 4 rings (SSSR count). The van der Waals surface area contributed by atoms with E-state index >= 15 is 0 Å². The number of carbonyl (C=O) groups is 2. The standard InChI is InChI=1S/C31H29N3O3/c1-37-31(36)27(20-22-8-7-13-26(19-22)29(32)33)28(34-30(35)24-10-3-2-4-11-24)17-15-21-14-16-23-9-5-6-12-25(23)18-21/h2-19,27-28H,20H2,1H3,(H3,32,33)(H,34,35)/b17-15+/t27-,28?/m1/s1. The van der Waals surface area contributed by atoms with Crippen LogP contribution in [0.15, 0.2) is 103 Å². The number of fused-ring (bicyclic) bond motifs is 1. The van der Waals surface area contributed by atoms with Gasteiger partial charge in [0.1, 0.15) is 5.84 Å². The van der Waals surface area contributed by atoms with Crippen molar-refractivity contribution in [2.75, 3.05) is 7.11 Å².